The first-order chi connectivity index (χ1) is 7.62. The fraction of sp³-hybridized carbons (Fsp3) is 0.333. The third-order valence-corrected chi connectivity index (χ3v) is 5.50. The second kappa shape index (κ2) is 4.95. The lowest BCUT2D eigenvalue weighted by Crippen LogP contribution is -2.17. The first kappa shape index (κ1) is 14.5. The third kappa shape index (κ3) is 4.29. The highest BCUT2D eigenvalue weighted by Crippen LogP contribution is 2.24. The van der Waals surface area contributed by atoms with E-state index in [1.807, 2.05) is 0 Å². The number of rotatable bonds is 4. The molecule has 5 nitrogen and oxygen atoms in total. The van der Waals surface area contributed by atoms with Crippen LogP contribution in [0.5, 0.6) is 0 Å². The van der Waals surface area contributed by atoms with Crippen molar-refractivity contribution in [2.45, 2.75) is 4.90 Å². The van der Waals surface area contributed by atoms with Crippen molar-refractivity contribution >= 4 is 41.3 Å². The first-order valence-corrected chi connectivity index (χ1v) is 9.08. The minimum atomic E-state index is -3.68. The molecule has 1 aromatic rings. The van der Waals surface area contributed by atoms with E-state index in [1.165, 1.54) is 12.1 Å². The molecular formula is C9H12BrNO4S2. The van der Waals surface area contributed by atoms with Crippen LogP contribution in [-0.2, 0) is 19.7 Å². The van der Waals surface area contributed by atoms with Gasteiger partial charge in [-0.25, -0.2) is 16.8 Å². The minimum absolute atomic E-state index is 0.0458. The molecule has 0 amide bonds. The molecule has 0 bridgehead atoms. The van der Waals surface area contributed by atoms with Gasteiger partial charge in [0, 0.05) is 10.7 Å². The molecule has 0 aliphatic carbocycles. The highest BCUT2D eigenvalue weighted by Gasteiger charge is 2.20. The summed E-state index contributed by atoms with van der Waals surface area (Å²) in [5.41, 5.74) is 5.68. The van der Waals surface area contributed by atoms with Gasteiger partial charge in [-0.05, 0) is 18.2 Å². The van der Waals surface area contributed by atoms with E-state index in [0.717, 1.165) is 6.26 Å². The van der Waals surface area contributed by atoms with Gasteiger partial charge in [0.15, 0.2) is 9.84 Å². The summed E-state index contributed by atoms with van der Waals surface area (Å²) in [6.45, 7) is 0. The zero-order valence-corrected chi connectivity index (χ0v) is 12.3. The van der Waals surface area contributed by atoms with Gasteiger partial charge in [0.25, 0.3) is 0 Å². The van der Waals surface area contributed by atoms with Gasteiger partial charge < -0.3 is 5.73 Å². The summed E-state index contributed by atoms with van der Waals surface area (Å²) in [6.07, 6.45) is 0.993. The fourth-order valence-corrected chi connectivity index (χ4v) is 4.70. The number of hydrogen-bond donors (Lipinski definition) is 1. The molecule has 0 spiro atoms. The SMILES string of the molecule is CS(=O)(=O)CCS(=O)(=O)c1cc(Br)ccc1N. The fourth-order valence-electron chi connectivity index (χ4n) is 1.15. The molecule has 96 valence electrons. The van der Waals surface area contributed by atoms with Crippen LogP contribution in [0.3, 0.4) is 0 Å². The van der Waals surface area contributed by atoms with Crippen molar-refractivity contribution in [1.82, 2.24) is 0 Å². The van der Waals surface area contributed by atoms with Crippen molar-refractivity contribution in [3.8, 4) is 0 Å². The summed E-state index contributed by atoms with van der Waals surface area (Å²) < 4.78 is 46.3. The van der Waals surface area contributed by atoms with Gasteiger partial charge in [0.1, 0.15) is 9.84 Å². The van der Waals surface area contributed by atoms with Gasteiger partial charge in [0.05, 0.1) is 22.1 Å². The van der Waals surface area contributed by atoms with Crippen LogP contribution in [0, 0.1) is 0 Å². The molecule has 0 saturated heterocycles. The molecule has 0 unspecified atom stereocenters. The van der Waals surface area contributed by atoms with Gasteiger partial charge in [-0.15, -0.1) is 0 Å². The molecule has 0 fully saturated rings. The summed E-state index contributed by atoms with van der Waals surface area (Å²) in [7, 11) is -7.00. The van der Waals surface area contributed by atoms with Crippen molar-refractivity contribution in [2.75, 3.05) is 23.5 Å². The number of sulfone groups is 2. The predicted molar refractivity (Wildman–Crippen MR) is 70.3 cm³/mol. The lowest BCUT2D eigenvalue weighted by atomic mass is 10.3. The first-order valence-electron chi connectivity index (χ1n) is 4.57. The average Bonchev–Trinajstić information content (AvgIpc) is 2.18. The highest BCUT2D eigenvalue weighted by molar-refractivity contribution is 9.10. The summed E-state index contributed by atoms with van der Waals surface area (Å²) in [4.78, 5) is -0.0458. The van der Waals surface area contributed by atoms with Crippen molar-refractivity contribution in [3.05, 3.63) is 22.7 Å². The van der Waals surface area contributed by atoms with Crippen LogP contribution in [0.1, 0.15) is 0 Å². The third-order valence-electron chi connectivity index (χ3n) is 2.03. The molecule has 1 rings (SSSR count). The van der Waals surface area contributed by atoms with Crippen LogP contribution in [0.15, 0.2) is 27.6 Å². The summed E-state index contributed by atoms with van der Waals surface area (Å²) in [5, 5.41) is 0. The number of anilines is 1. The second-order valence-electron chi connectivity index (χ2n) is 3.63. The number of nitrogen functional groups attached to an aromatic ring is 1. The Hall–Kier alpha value is -0.600. The van der Waals surface area contributed by atoms with E-state index >= 15 is 0 Å². The summed E-state index contributed by atoms with van der Waals surface area (Å²) >= 11 is 3.14. The molecule has 0 heterocycles. The summed E-state index contributed by atoms with van der Waals surface area (Å²) in [5.74, 6) is -0.881. The van der Waals surface area contributed by atoms with E-state index < -0.39 is 31.2 Å². The Morgan fingerprint density at radius 1 is 1.18 bits per heavy atom. The highest BCUT2D eigenvalue weighted by atomic mass is 79.9. The quantitative estimate of drug-likeness (QED) is 0.819. The smallest absolute Gasteiger partial charge is 0.181 e. The Kier molecular flexibility index (Phi) is 4.21. The average molecular weight is 342 g/mol. The van der Waals surface area contributed by atoms with E-state index in [2.05, 4.69) is 15.9 Å². The molecule has 0 saturated carbocycles. The van der Waals surface area contributed by atoms with E-state index in [1.54, 1.807) is 6.07 Å². The Balaban J connectivity index is 3.10. The number of benzene rings is 1. The number of halogens is 1. The zero-order chi connectivity index (χ0) is 13.3. The van der Waals surface area contributed by atoms with Crippen LogP contribution in [0.4, 0.5) is 5.69 Å². The van der Waals surface area contributed by atoms with Crippen molar-refractivity contribution in [3.63, 3.8) is 0 Å². The molecule has 17 heavy (non-hydrogen) atoms. The topological polar surface area (TPSA) is 94.3 Å². The van der Waals surface area contributed by atoms with Crippen molar-refractivity contribution in [2.24, 2.45) is 0 Å². The molecule has 2 N–H and O–H groups in total. The number of nitrogens with two attached hydrogens (primary N) is 1. The van der Waals surface area contributed by atoms with Crippen molar-refractivity contribution in [1.29, 1.82) is 0 Å². The molecule has 0 radical (unpaired) electrons. The molecule has 1 aromatic carbocycles. The summed E-state index contributed by atoms with van der Waals surface area (Å²) in [6, 6.07) is 4.44. The zero-order valence-electron chi connectivity index (χ0n) is 9.05. The molecule has 0 atom stereocenters. The van der Waals surface area contributed by atoms with E-state index in [4.69, 9.17) is 5.73 Å². The maximum atomic E-state index is 11.9. The maximum absolute atomic E-state index is 11.9. The monoisotopic (exact) mass is 341 g/mol. The standard InChI is InChI=1S/C9H12BrNO4S2/c1-16(12,13)4-5-17(14,15)9-6-7(10)2-3-8(9)11/h2-3,6H,4-5,11H2,1H3. The van der Waals surface area contributed by atoms with Crippen LogP contribution in [0.25, 0.3) is 0 Å². The maximum Gasteiger partial charge on any atom is 0.181 e. The Morgan fingerprint density at radius 2 is 1.76 bits per heavy atom. The second-order valence-corrected chi connectivity index (χ2v) is 8.88. The normalized spacial score (nSPS) is 12.6. The van der Waals surface area contributed by atoms with Crippen LogP contribution in [0.2, 0.25) is 0 Å². The van der Waals surface area contributed by atoms with Crippen molar-refractivity contribution < 1.29 is 16.8 Å². The molecule has 8 heteroatoms. The molecule has 0 aliphatic heterocycles. The van der Waals surface area contributed by atoms with E-state index in [9.17, 15) is 16.8 Å². The Bertz CT molecular complexity index is 622. The Labute approximate surface area is 109 Å². The van der Waals surface area contributed by atoms with Crippen LogP contribution < -0.4 is 5.73 Å². The van der Waals surface area contributed by atoms with E-state index in [-0.39, 0.29) is 10.6 Å². The minimum Gasteiger partial charge on any atom is -0.398 e. The molecule has 0 aliphatic rings. The van der Waals surface area contributed by atoms with Gasteiger partial charge in [0.2, 0.25) is 0 Å². The molecular weight excluding hydrogens is 330 g/mol. The Morgan fingerprint density at radius 3 is 2.29 bits per heavy atom. The van der Waals surface area contributed by atoms with Gasteiger partial charge >= 0.3 is 0 Å². The lowest BCUT2D eigenvalue weighted by Gasteiger charge is -2.07. The molecule has 0 aromatic heterocycles. The lowest BCUT2D eigenvalue weighted by molar-refractivity contribution is 0.590. The van der Waals surface area contributed by atoms with Gasteiger partial charge in [-0.3, -0.25) is 0 Å². The van der Waals surface area contributed by atoms with Crippen LogP contribution >= 0.6 is 15.9 Å². The van der Waals surface area contributed by atoms with E-state index in [0.29, 0.717) is 4.47 Å². The largest absolute Gasteiger partial charge is 0.398 e. The van der Waals surface area contributed by atoms with Crippen LogP contribution in [-0.4, -0.2) is 34.6 Å². The number of hydrogen-bond acceptors (Lipinski definition) is 5. The predicted octanol–water partition coefficient (Wildman–Crippen LogP) is 0.850. The van der Waals surface area contributed by atoms with Gasteiger partial charge in [-0.2, -0.15) is 0 Å². The van der Waals surface area contributed by atoms with Gasteiger partial charge in [-0.1, -0.05) is 15.9 Å².